The van der Waals surface area contributed by atoms with Gasteiger partial charge in [0.05, 0.1) is 25.2 Å². The molecule has 0 amide bonds. The number of nitrogens with one attached hydrogen (secondary N) is 1. The van der Waals surface area contributed by atoms with Crippen LogP contribution in [0, 0.1) is 0 Å². The molecule has 0 aliphatic rings. The first-order valence-electron chi connectivity index (χ1n) is 8.16. The third-order valence-corrected chi connectivity index (χ3v) is 4.29. The number of carbonyl (C=O) groups is 1. The van der Waals surface area contributed by atoms with Crippen molar-refractivity contribution in [2.75, 3.05) is 19.5 Å². The van der Waals surface area contributed by atoms with Gasteiger partial charge in [-0.1, -0.05) is 31.5 Å². The van der Waals surface area contributed by atoms with Crippen LogP contribution in [0.25, 0.3) is 11.3 Å². The molecule has 2 rings (SSSR count). The maximum atomic E-state index is 11.8. The third kappa shape index (κ3) is 6.26. The van der Waals surface area contributed by atoms with Gasteiger partial charge in [0.15, 0.2) is 5.16 Å². The Morgan fingerprint density at radius 1 is 1.24 bits per heavy atom. The Balaban J connectivity index is 1.98. The number of thioether (sulfide) groups is 1. The average Bonchev–Trinajstić information content (AvgIpc) is 2.63. The van der Waals surface area contributed by atoms with E-state index < -0.39 is 0 Å². The minimum Gasteiger partial charge on any atom is -0.497 e. The number of H-pyrrole nitrogens is 1. The first-order chi connectivity index (χ1) is 12.1. The molecule has 0 aliphatic heterocycles. The van der Waals surface area contributed by atoms with Gasteiger partial charge < -0.3 is 14.5 Å². The molecule has 0 aliphatic carbocycles. The van der Waals surface area contributed by atoms with Gasteiger partial charge in [0.25, 0.3) is 5.56 Å². The third-order valence-electron chi connectivity index (χ3n) is 3.44. The summed E-state index contributed by atoms with van der Waals surface area (Å²) in [7, 11) is 1.59. The summed E-state index contributed by atoms with van der Waals surface area (Å²) in [5.74, 6) is 0.536. The lowest BCUT2D eigenvalue weighted by molar-refractivity contribution is -0.140. The van der Waals surface area contributed by atoms with Crippen LogP contribution >= 0.6 is 11.8 Å². The van der Waals surface area contributed by atoms with Crippen molar-refractivity contribution < 1.29 is 14.3 Å². The maximum absolute atomic E-state index is 11.8. The molecule has 1 aromatic heterocycles. The van der Waals surface area contributed by atoms with E-state index in [1.54, 1.807) is 19.2 Å². The van der Waals surface area contributed by atoms with Gasteiger partial charge in [0.2, 0.25) is 0 Å². The first-order valence-corrected chi connectivity index (χ1v) is 9.15. The topological polar surface area (TPSA) is 81.3 Å². The minimum atomic E-state index is -0.307. The second-order valence-electron chi connectivity index (χ2n) is 5.38. The lowest BCUT2D eigenvalue weighted by atomic mass is 10.1. The van der Waals surface area contributed by atoms with Crippen LogP contribution in [0.3, 0.4) is 0 Å². The van der Waals surface area contributed by atoms with E-state index in [0.717, 1.165) is 42.3 Å². The van der Waals surface area contributed by atoms with E-state index in [4.69, 9.17) is 9.47 Å². The van der Waals surface area contributed by atoms with Crippen molar-refractivity contribution in [3.05, 3.63) is 40.7 Å². The van der Waals surface area contributed by atoms with E-state index in [0.29, 0.717) is 17.5 Å². The van der Waals surface area contributed by atoms with Crippen LogP contribution < -0.4 is 10.3 Å². The van der Waals surface area contributed by atoms with Crippen molar-refractivity contribution in [2.24, 2.45) is 0 Å². The van der Waals surface area contributed by atoms with Crippen LogP contribution in [0.1, 0.15) is 26.2 Å². The Hall–Kier alpha value is -2.28. The van der Waals surface area contributed by atoms with Gasteiger partial charge in [-0.2, -0.15) is 0 Å². The Bertz CT molecular complexity index is 743. The van der Waals surface area contributed by atoms with Crippen LogP contribution in [0.15, 0.2) is 40.3 Å². The number of hydrogen-bond acceptors (Lipinski definition) is 6. The summed E-state index contributed by atoms with van der Waals surface area (Å²) in [6, 6.07) is 8.69. The second kappa shape index (κ2) is 9.88. The lowest BCUT2D eigenvalue weighted by Crippen LogP contribution is -2.11. The van der Waals surface area contributed by atoms with Crippen molar-refractivity contribution in [3.8, 4) is 17.0 Å². The highest BCUT2D eigenvalue weighted by atomic mass is 32.2. The predicted octanol–water partition coefficient (Wildman–Crippen LogP) is 3.27. The molecule has 0 saturated heterocycles. The zero-order valence-corrected chi connectivity index (χ0v) is 15.2. The molecule has 1 aromatic carbocycles. The van der Waals surface area contributed by atoms with E-state index in [9.17, 15) is 9.59 Å². The fourth-order valence-corrected chi connectivity index (χ4v) is 2.79. The molecule has 6 nitrogen and oxygen atoms in total. The minimum absolute atomic E-state index is 0.112. The van der Waals surface area contributed by atoms with Crippen LogP contribution in [-0.4, -0.2) is 35.4 Å². The molecule has 1 heterocycles. The highest BCUT2D eigenvalue weighted by Gasteiger charge is 2.09. The maximum Gasteiger partial charge on any atom is 0.316 e. The standard InChI is InChI=1S/C18H22N2O4S/c1-3-4-5-10-24-17(22)12-25-18-19-15(11-16(21)20-18)13-6-8-14(23-2)9-7-13/h6-9,11H,3-5,10,12H2,1-2H3,(H,19,20,21). The fourth-order valence-electron chi connectivity index (χ4n) is 2.12. The zero-order chi connectivity index (χ0) is 18.1. The smallest absolute Gasteiger partial charge is 0.316 e. The van der Waals surface area contributed by atoms with Gasteiger partial charge in [-0.25, -0.2) is 4.98 Å². The van der Waals surface area contributed by atoms with E-state index >= 15 is 0 Å². The quantitative estimate of drug-likeness (QED) is 0.319. The molecular formula is C18H22N2O4S. The van der Waals surface area contributed by atoms with Crippen molar-refractivity contribution in [1.82, 2.24) is 9.97 Å². The Morgan fingerprint density at radius 2 is 2.00 bits per heavy atom. The number of aromatic amines is 1. The summed E-state index contributed by atoms with van der Waals surface area (Å²) >= 11 is 1.16. The molecule has 0 spiro atoms. The van der Waals surface area contributed by atoms with E-state index in [-0.39, 0.29) is 17.3 Å². The molecule has 7 heteroatoms. The summed E-state index contributed by atoms with van der Waals surface area (Å²) < 4.78 is 10.3. The number of aromatic nitrogens is 2. The molecular weight excluding hydrogens is 340 g/mol. The molecule has 1 N–H and O–H groups in total. The lowest BCUT2D eigenvalue weighted by Gasteiger charge is -2.06. The van der Waals surface area contributed by atoms with Crippen molar-refractivity contribution in [1.29, 1.82) is 0 Å². The number of nitrogens with zero attached hydrogens (tertiary/aromatic N) is 1. The molecule has 0 atom stereocenters. The molecule has 0 unspecified atom stereocenters. The monoisotopic (exact) mass is 362 g/mol. The molecule has 0 bridgehead atoms. The Morgan fingerprint density at radius 3 is 2.68 bits per heavy atom. The van der Waals surface area contributed by atoms with Crippen LogP contribution in [0.2, 0.25) is 0 Å². The number of rotatable bonds is 9. The molecule has 0 fully saturated rings. The molecule has 2 aromatic rings. The summed E-state index contributed by atoms with van der Waals surface area (Å²) in [5, 5.41) is 0.392. The Kier molecular flexibility index (Phi) is 7.53. The highest BCUT2D eigenvalue weighted by Crippen LogP contribution is 2.21. The normalized spacial score (nSPS) is 10.5. The summed E-state index contributed by atoms with van der Waals surface area (Å²) in [6.45, 7) is 2.53. The van der Waals surface area contributed by atoms with Crippen molar-refractivity contribution >= 4 is 17.7 Å². The molecule has 25 heavy (non-hydrogen) atoms. The number of esters is 1. The summed E-state index contributed by atoms with van der Waals surface area (Å²) in [5.41, 5.74) is 1.08. The Labute approximate surface area is 151 Å². The number of unbranched alkanes of at least 4 members (excludes halogenated alkanes) is 2. The molecule has 134 valence electrons. The summed E-state index contributed by atoms with van der Waals surface area (Å²) in [6.07, 6.45) is 2.99. The van der Waals surface area contributed by atoms with Crippen molar-refractivity contribution in [3.63, 3.8) is 0 Å². The number of carbonyl (C=O) groups excluding carboxylic acids is 1. The summed E-state index contributed by atoms with van der Waals surface area (Å²) in [4.78, 5) is 30.6. The SMILES string of the molecule is CCCCCOC(=O)CSc1nc(-c2ccc(OC)cc2)cc(=O)[nH]1. The van der Waals surface area contributed by atoms with Crippen LogP contribution in [-0.2, 0) is 9.53 Å². The average molecular weight is 362 g/mol. The fraction of sp³-hybridized carbons (Fsp3) is 0.389. The van der Waals surface area contributed by atoms with Crippen LogP contribution in [0.5, 0.6) is 5.75 Å². The van der Waals surface area contributed by atoms with Crippen LogP contribution in [0.4, 0.5) is 0 Å². The van der Waals surface area contributed by atoms with Gasteiger partial charge in [-0.05, 0) is 30.7 Å². The number of ether oxygens (including phenoxy) is 2. The first kappa shape index (κ1) is 19.1. The van der Waals surface area contributed by atoms with Crippen molar-refractivity contribution in [2.45, 2.75) is 31.3 Å². The van der Waals surface area contributed by atoms with Gasteiger partial charge >= 0.3 is 5.97 Å². The van der Waals surface area contributed by atoms with Gasteiger partial charge in [-0.15, -0.1) is 0 Å². The number of methoxy groups -OCH3 is 1. The predicted molar refractivity (Wildman–Crippen MR) is 98.1 cm³/mol. The van der Waals surface area contributed by atoms with E-state index in [2.05, 4.69) is 16.9 Å². The number of benzene rings is 1. The van der Waals surface area contributed by atoms with Gasteiger partial charge in [-0.3, -0.25) is 9.59 Å². The number of hydrogen-bond donors (Lipinski definition) is 1. The zero-order valence-electron chi connectivity index (χ0n) is 14.4. The van der Waals surface area contributed by atoms with E-state index in [1.807, 2.05) is 12.1 Å². The van der Waals surface area contributed by atoms with Gasteiger partial charge in [0.1, 0.15) is 5.75 Å². The van der Waals surface area contributed by atoms with Gasteiger partial charge in [0, 0.05) is 11.6 Å². The largest absolute Gasteiger partial charge is 0.497 e. The molecule has 0 saturated carbocycles. The van der Waals surface area contributed by atoms with E-state index in [1.165, 1.54) is 6.07 Å². The highest BCUT2D eigenvalue weighted by molar-refractivity contribution is 7.99. The molecule has 0 radical (unpaired) electrons. The second-order valence-corrected chi connectivity index (χ2v) is 6.34.